The van der Waals surface area contributed by atoms with Gasteiger partial charge in [0.25, 0.3) is 0 Å². The summed E-state index contributed by atoms with van der Waals surface area (Å²) in [5.74, 6) is -0.609. The zero-order chi connectivity index (χ0) is 14.5. The number of aliphatic carboxylic acids is 1. The molecule has 1 N–H and O–H groups in total. The normalized spacial score (nSPS) is 18.9. The Morgan fingerprint density at radius 2 is 2.20 bits per heavy atom. The van der Waals surface area contributed by atoms with Crippen molar-refractivity contribution in [3.8, 4) is 0 Å². The van der Waals surface area contributed by atoms with Gasteiger partial charge in [-0.1, -0.05) is 28.1 Å². The van der Waals surface area contributed by atoms with Crippen LogP contribution in [0.2, 0.25) is 0 Å². The van der Waals surface area contributed by atoms with Crippen molar-refractivity contribution in [2.75, 3.05) is 13.1 Å². The summed E-state index contributed by atoms with van der Waals surface area (Å²) in [6, 6.07) is 7.71. The van der Waals surface area contributed by atoms with E-state index in [9.17, 15) is 9.59 Å². The fourth-order valence-electron chi connectivity index (χ4n) is 2.64. The molecule has 0 aromatic heterocycles. The van der Waals surface area contributed by atoms with Crippen LogP contribution in [-0.2, 0) is 16.0 Å². The molecule has 1 heterocycles. The van der Waals surface area contributed by atoms with Crippen molar-refractivity contribution in [1.29, 1.82) is 0 Å². The van der Waals surface area contributed by atoms with Crippen LogP contribution < -0.4 is 0 Å². The molecular formula is C15H18BrNO3. The lowest BCUT2D eigenvalue weighted by atomic mass is 9.94. The van der Waals surface area contributed by atoms with Crippen molar-refractivity contribution in [3.63, 3.8) is 0 Å². The second-order valence-electron chi connectivity index (χ2n) is 5.25. The Kier molecular flexibility index (Phi) is 5.17. The minimum Gasteiger partial charge on any atom is -0.481 e. The lowest BCUT2D eigenvalue weighted by Crippen LogP contribution is -2.41. The van der Waals surface area contributed by atoms with Gasteiger partial charge in [-0.05, 0) is 36.5 Å². The van der Waals surface area contributed by atoms with Gasteiger partial charge in [0.1, 0.15) is 0 Å². The van der Waals surface area contributed by atoms with Crippen LogP contribution in [0, 0.1) is 5.92 Å². The third-order valence-corrected chi connectivity index (χ3v) is 4.07. The molecule has 2 rings (SSSR count). The molecule has 0 spiro atoms. The van der Waals surface area contributed by atoms with Crippen LogP contribution in [0.4, 0.5) is 0 Å². The van der Waals surface area contributed by atoms with Gasteiger partial charge in [-0.25, -0.2) is 0 Å². The number of hydrogen-bond donors (Lipinski definition) is 1. The highest BCUT2D eigenvalue weighted by molar-refractivity contribution is 9.10. The molecule has 1 aromatic carbocycles. The number of likely N-dealkylation sites (tertiary alicyclic amines) is 1. The van der Waals surface area contributed by atoms with Gasteiger partial charge in [-0.2, -0.15) is 0 Å². The van der Waals surface area contributed by atoms with Crippen LogP contribution in [0.25, 0.3) is 0 Å². The molecule has 1 saturated heterocycles. The Morgan fingerprint density at radius 1 is 1.40 bits per heavy atom. The zero-order valence-corrected chi connectivity index (χ0v) is 12.8. The maximum atomic E-state index is 12.3. The van der Waals surface area contributed by atoms with E-state index < -0.39 is 5.97 Å². The SMILES string of the molecule is O=C(O)CC1CCCN(C(=O)Cc2cccc(Br)c2)C1. The van der Waals surface area contributed by atoms with E-state index in [1.54, 1.807) is 4.90 Å². The van der Waals surface area contributed by atoms with Crippen LogP contribution >= 0.6 is 15.9 Å². The minimum atomic E-state index is -0.781. The fourth-order valence-corrected chi connectivity index (χ4v) is 3.09. The number of amides is 1. The Labute approximate surface area is 126 Å². The van der Waals surface area contributed by atoms with Gasteiger partial charge in [0.2, 0.25) is 5.91 Å². The molecule has 0 aliphatic carbocycles. The summed E-state index contributed by atoms with van der Waals surface area (Å²) in [7, 11) is 0. The van der Waals surface area contributed by atoms with E-state index in [0.717, 1.165) is 29.4 Å². The van der Waals surface area contributed by atoms with Crippen LogP contribution in [0.3, 0.4) is 0 Å². The van der Waals surface area contributed by atoms with E-state index in [1.165, 1.54) is 0 Å². The number of halogens is 1. The molecule has 1 fully saturated rings. The summed E-state index contributed by atoms with van der Waals surface area (Å²) in [4.78, 5) is 24.8. The summed E-state index contributed by atoms with van der Waals surface area (Å²) >= 11 is 3.39. The smallest absolute Gasteiger partial charge is 0.303 e. The van der Waals surface area contributed by atoms with E-state index in [0.29, 0.717) is 13.0 Å². The first-order valence-electron chi connectivity index (χ1n) is 6.78. The largest absolute Gasteiger partial charge is 0.481 e. The standard InChI is InChI=1S/C15H18BrNO3/c16-13-5-1-3-11(7-13)8-14(18)17-6-2-4-12(10-17)9-15(19)20/h1,3,5,7,12H,2,4,6,8-10H2,(H,19,20). The predicted molar refractivity (Wildman–Crippen MR) is 79.4 cm³/mol. The maximum absolute atomic E-state index is 12.3. The molecule has 20 heavy (non-hydrogen) atoms. The minimum absolute atomic E-state index is 0.0817. The lowest BCUT2D eigenvalue weighted by molar-refractivity contribution is -0.140. The molecule has 1 amide bonds. The van der Waals surface area contributed by atoms with E-state index in [-0.39, 0.29) is 18.2 Å². The first-order chi connectivity index (χ1) is 9.54. The van der Waals surface area contributed by atoms with Crippen LogP contribution in [0.1, 0.15) is 24.8 Å². The Bertz CT molecular complexity index is 504. The number of nitrogens with zero attached hydrogens (tertiary/aromatic N) is 1. The second kappa shape index (κ2) is 6.88. The average Bonchev–Trinajstić information content (AvgIpc) is 2.38. The van der Waals surface area contributed by atoms with Gasteiger partial charge in [-0.15, -0.1) is 0 Å². The summed E-state index contributed by atoms with van der Waals surface area (Å²) in [5, 5.41) is 8.85. The Morgan fingerprint density at radius 3 is 2.90 bits per heavy atom. The Balaban J connectivity index is 1.93. The van der Waals surface area contributed by atoms with Crippen molar-refractivity contribution in [2.45, 2.75) is 25.7 Å². The lowest BCUT2D eigenvalue weighted by Gasteiger charge is -2.32. The third-order valence-electron chi connectivity index (χ3n) is 3.58. The number of benzene rings is 1. The van der Waals surface area contributed by atoms with Crippen molar-refractivity contribution in [1.82, 2.24) is 4.90 Å². The molecule has 0 saturated carbocycles. The van der Waals surface area contributed by atoms with Crippen molar-refractivity contribution >= 4 is 27.8 Å². The zero-order valence-electron chi connectivity index (χ0n) is 11.2. The number of carbonyl (C=O) groups excluding carboxylic acids is 1. The second-order valence-corrected chi connectivity index (χ2v) is 6.17. The summed E-state index contributed by atoms with van der Waals surface area (Å²) in [5.41, 5.74) is 0.977. The van der Waals surface area contributed by atoms with Gasteiger partial charge < -0.3 is 10.0 Å². The van der Waals surface area contributed by atoms with Gasteiger partial charge in [0.05, 0.1) is 6.42 Å². The van der Waals surface area contributed by atoms with Crippen LogP contribution in [-0.4, -0.2) is 35.0 Å². The summed E-state index contributed by atoms with van der Waals surface area (Å²) in [6.07, 6.45) is 2.31. The molecule has 0 bridgehead atoms. The number of carboxylic acids is 1. The average molecular weight is 340 g/mol. The molecular weight excluding hydrogens is 322 g/mol. The van der Waals surface area contributed by atoms with Crippen LogP contribution in [0.15, 0.2) is 28.7 Å². The summed E-state index contributed by atoms with van der Waals surface area (Å²) in [6.45, 7) is 1.31. The molecule has 1 unspecified atom stereocenters. The van der Waals surface area contributed by atoms with Gasteiger partial charge in [-0.3, -0.25) is 9.59 Å². The highest BCUT2D eigenvalue weighted by atomic mass is 79.9. The molecule has 4 nitrogen and oxygen atoms in total. The molecule has 1 aromatic rings. The fraction of sp³-hybridized carbons (Fsp3) is 0.467. The first-order valence-corrected chi connectivity index (χ1v) is 7.58. The maximum Gasteiger partial charge on any atom is 0.303 e. The number of piperidine rings is 1. The number of carbonyl (C=O) groups is 2. The molecule has 1 atom stereocenters. The molecule has 1 aliphatic heterocycles. The molecule has 108 valence electrons. The van der Waals surface area contributed by atoms with E-state index in [4.69, 9.17) is 5.11 Å². The van der Waals surface area contributed by atoms with Crippen molar-refractivity contribution in [3.05, 3.63) is 34.3 Å². The van der Waals surface area contributed by atoms with Crippen LogP contribution in [0.5, 0.6) is 0 Å². The highest BCUT2D eigenvalue weighted by Gasteiger charge is 2.25. The Hall–Kier alpha value is -1.36. The van der Waals surface area contributed by atoms with Crippen molar-refractivity contribution in [2.24, 2.45) is 5.92 Å². The molecule has 0 radical (unpaired) electrons. The van der Waals surface area contributed by atoms with Gasteiger partial charge >= 0.3 is 5.97 Å². The predicted octanol–water partition coefficient (Wildman–Crippen LogP) is 2.70. The summed E-state index contributed by atoms with van der Waals surface area (Å²) < 4.78 is 0.963. The monoisotopic (exact) mass is 339 g/mol. The van der Waals surface area contributed by atoms with Gasteiger partial charge in [0, 0.05) is 24.0 Å². The molecule has 5 heteroatoms. The topological polar surface area (TPSA) is 57.6 Å². The number of hydrogen-bond acceptors (Lipinski definition) is 2. The number of carboxylic acid groups (broad SMARTS) is 1. The van der Waals surface area contributed by atoms with Crippen molar-refractivity contribution < 1.29 is 14.7 Å². The van der Waals surface area contributed by atoms with E-state index >= 15 is 0 Å². The number of rotatable bonds is 4. The third kappa shape index (κ3) is 4.34. The van der Waals surface area contributed by atoms with E-state index in [2.05, 4.69) is 15.9 Å². The van der Waals surface area contributed by atoms with Gasteiger partial charge in [0.15, 0.2) is 0 Å². The quantitative estimate of drug-likeness (QED) is 0.917. The highest BCUT2D eigenvalue weighted by Crippen LogP contribution is 2.21. The van der Waals surface area contributed by atoms with E-state index in [1.807, 2.05) is 24.3 Å². The first kappa shape index (κ1) is 15.0. The molecule has 1 aliphatic rings.